The van der Waals surface area contributed by atoms with Gasteiger partial charge in [0.25, 0.3) is 5.91 Å². The van der Waals surface area contributed by atoms with Gasteiger partial charge in [-0.05, 0) is 86.8 Å². The smallest absolute Gasteiger partial charge is 0.328 e. The molecule has 3 aromatic heterocycles. The zero-order valence-corrected chi connectivity index (χ0v) is 30.7. The van der Waals surface area contributed by atoms with E-state index in [1.165, 1.54) is 19.3 Å². The van der Waals surface area contributed by atoms with Gasteiger partial charge in [-0.3, -0.25) is 24.7 Å². The number of ether oxygens (including phenoxy) is 1. The van der Waals surface area contributed by atoms with E-state index in [9.17, 15) is 14.4 Å². The molecule has 6 heterocycles. The summed E-state index contributed by atoms with van der Waals surface area (Å²) in [7, 11) is 1.56. The van der Waals surface area contributed by atoms with Crippen LogP contribution in [0.1, 0.15) is 67.8 Å². The van der Waals surface area contributed by atoms with Crippen molar-refractivity contribution in [2.45, 2.75) is 63.5 Å². The minimum Gasteiger partial charge on any atom is -0.496 e. The lowest BCUT2D eigenvalue weighted by Gasteiger charge is -2.36. The Morgan fingerprint density at radius 3 is 2.73 bits per heavy atom. The lowest BCUT2D eigenvalue weighted by Crippen LogP contribution is -2.49. The second-order valence-corrected chi connectivity index (χ2v) is 15.6. The highest BCUT2D eigenvalue weighted by Gasteiger charge is 2.57. The number of hydrogen-bond acceptors (Lipinski definition) is 8. The molecule has 14 heteroatoms. The second kappa shape index (κ2) is 13.1. The number of imide groups is 1. The molecule has 55 heavy (non-hydrogen) atoms. The van der Waals surface area contributed by atoms with Crippen LogP contribution < -0.4 is 30.8 Å². The Kier molecular flexibility index (Phi) is 8.05. The fourth-order valence-electron chi connectivity index (χ4n) is 9.55. The molecule has 1 atom stereocenters. The van der Waals surface area contributed by atoms with Gasteiger partial charge in [-0.1, -0.05) is 10.8 Å². The molecule has 1 spiro atoms. The highest BCUT2D eigenvalue weighted by atomic mass is 16.5. The van der Waals surface area contributed by atoms with Gasteiger partial charge in [0.15, 0.2) is 17.7 Å². The predicted octanol–water partition coefficient (Wildman–Crippen LogP) is 4.05. The minimum absolute atomic E-state index is 0.217. The van der Waals surface area contributed by atoms with Crippen molar-refractivity contribution in [3.05, 3.63) is 83.3 Å². The lowest BCUT2D eigenvalue weighted by atomic mass is 9.79. The Hall–Kier alpha value is -5.89. The largest absolute Gasteiger partial charge is 0.496 e. The van der Waals surface area contributed by atoms with Crippen molar-refractivity contribution in [1.29, 1.82) is 0 Å². The van der Waals surface area contributed by atoms with Crippen LogP contribution in [-0.4, -0.2) is 85.6 Å². The number of aromatic nitrogens is 4. The van der Waals surface area contributed by atoms with Gasteiger partial charge in [-0.25, -0.2) is 9.78 Å². The summed E-state index contributed by atoms with van der Waals surface area (Å²) in [5.74, 6) is 0.866. The third-order valence-electron chi connectivity index (χ3n) is 12.6. The van der Waals surface area contributed by atoms with Crippen LogP contribution in [0.25, 0.3) is 22.8 Å². The van der Waals surface area contributed by atoms with Crippen LogP contribution in [0.15, 0.2) is 72.2 Å². The van der Waals surface area contributed by atoms with Crippen molar-refractivity contribution >= 4 is 58.3 Å². The highest BCUT2D eigenvalue weighted by Crippen LogP contribution is 2.60. The number of hydrogen-bond donors (Lipinski definition) is 2. The number of anilines is 2. The SMILES string of the molecule is COc1cc2c(cc1C(=O)Nc1cnc3cccnn13)=C/[N+](=C\C1CCC3(CC1)CC3N1CCC(n3ccc4c(N5CCC(=O)NC5=O)cccc43)CC1)N=2. The van der Waals surface area contributed by atoms with E-state index < -0.39 is 0 Å². The molecule has 14 nitrogen and oxygen atoms in total. The van der Waals surface area contributed by atoms with E-state index in [1.807, 2.05) is 41.2 Å². The monoisotopic (exact) mass is 739 g/mol. The number of nitrogens with one attached hydrogen (secondary N) is 2. The number of urea groups is 1. The standard InChI is InChI=1S/C41H42N10O4/c1-55-34-21-31-27(20-30(34)39(53)44-37-23-42-36-6-3-15-43-51(36)37)25-48(46-31)24-26-7-13-41(14-8-26)22-35(41)47-16-9-28(10-17-47)49-18-11-29-32(49)4-2-5-33(29)50-19-12-38(52)45-40(50)54/h2-6,11,15,18,20-21,23-26,28,35H,7-10,12-14,16-17,19,22H2,1H3,(H-,43,44,45,52,53,54)/p+1/b48-24+. The Morgan fingerprint density at radius 2 is 1.91 bits per heavy atom. The quantitative estimate of drug-likeness (QED) is 0.240. The number of likely N-dealkylation sites (tertiary alicyclic amines) is 1. The average Bonchev–Trinajstić information content (AvgIpc) is 3.51. The Balaban J connectivity index is 0.760. The lowest BCUT2D eigenvalue weighted by molar-refractivity contribution is -0.424. The van der Waals surface area contributed by atoms with Gasteiger partial charge in [0, 0.05) is 73.0 Å². The molecule has 4 amide bonds. The fraction of sp³-hybridized carbons (Fsp3) is 0.390. The van der Waals surface area contributed by atoms with E-state index in [0.29, 0.717) is 59.2 Å². The van der Waals surface area contributed by atoms with Crippen molar-refractivity contribution in [2.24, 2.45) is 16.4 Å². The summed E-state index contributed by atoms with van der Waals surface area (Å²) in [6.07, 6.45) is 18.2. The van der Waals surface area contributed by atoms with Crippen LogP contribution in [0.3, 0.4) is 0 Å². The molecule has 5 aromatic rings. The zero-order chi connectivity index (χ0) is 37.3. The van der Waals surface area contributed by atoms with Crippen molar-refractivity contribution in [3.63, 3.8) is 0 Å². The third-order valence-corrected chi connectivity index (χ3v) is 12.6. The van der Waals surface area contributed by atoms with Crippen LogP contribution in [0.5, 0.6) is 5.75 Å². The number of piperidine rings is 1. The first-order valence-corrected chi connectivity index (χ1v) is 19.3. The van der Waals surface area contributed by atoms with Crippen molar-refractivity contribution in [2.75, 3.05) is 37.0 Å². The normalized spacial score (nSPS) is 24.9. The molecule has 2 N–H and O–H groups in total. The number of carbonyl (C=O) groups excluding carboxylic acids is 3. The van der Waals surface area contributed by atoms with Crippen LogP contribution in [0, 0.1) is 11.3 Å². The maximum Gasteiger partial charge on any atom is 0.328 e. The summed E-state index contributed by atoms with van der Waals surface area (Å²) in [4.78, 5) is 46.5. The predicted molar refractivity (Wildman–Crippen MR) is 206 cm³/mol. The summed E-state index contributed by atoms with van der Waals surface area (Å²) in [5.41, 5.74) is 3.51. The molecule has 280 valence electrons. The first-order chi connectivity index (χ1) is 26.9. The van der Waals surface area contributed by atoms with Crippen molar-refractivity contribution in [1.82, 2.24) is 29.4 Å². The molecule has 10 rings (SSSR count). The molecule has 5 aliphatic rings. The molecule has 1 unspecified atom stereocenters. The van der Waals surface area contributed by atoms with Crippen LogP contribution in [0.2, 0.25) is 0 Å². The number of benzene rings is 2. The molecule has 0 radical (unpaired) electrons. The molecular formula is C41H43N10O4+. The molecule has 2 aliphatic carbocycles. The van der Waals surface area contributed by atoms with Crippen molar-refractivity contribution < 1.29 is 23.8 Å². The van der Waals surface area contributed by atoms with Crippen LogP contribution in [0.4, 0.5) is 16.3 Å². The number of rotatable bonds is 7. The average molecular weight is 740 g/mol. The molecule has 3 aliphatic heterocycles. The van der Waals surface area contributed by atoms with E-state index in [2.05, 4.69) is 54.7 Å². The molecule has 4 fully saturated rings. The van der Waals surface area contributed by atoms with Gasteiger partial charge in [0.05, 0.1) is 35.3 Å². The number of methoxy groups -OCH3 is 1. The number of imidazole rings is 1. The van der Waals surface area contributed by atoms with Crippen LogP contribution >= 0.6 is 0 Å². The van der Waals surface area contributed by atoms with Crippen molar-refractivity contribution in [3.8, 4) is 5.75 Å². The topological polar surface area (TPSA) is 141 Å². The van der Waals surface area contributed by atoms with E-state index >= 15 is 0 Å². The van der Waals surface area contributed by atoms with E-state index in [4.69, 9.17) is 9.84 Å². The Labute approximate surface area is 316 Å². The van der Waals surface area contributed by atoms with Crippen LogP contribution in [-0.2, 0) is 4.79 Å². The number of carbonyl (C=O) groups is 3. The molecule has 2 saturated heterocycles. The zero-order valence-electron chi connectivity index (χ0n) is 30.7. The van der Waals surface area contributed by atoms with E-state index in [1.54, 1.807) is 35.0 Å². The maximum atomic E-state index is 13.4. The Bertz CT molecular complexity index is 2540. The summed E-state index contributed by atoms with van der Waals surface area (Å²) in [6.45, 7) is 2.60. The number of amides is 4. The summed E-state index contributed by atoms with van der Waals surface area (Å²) in [5, 5.41) is 17.2. The van der Waals surface area contributed by atoms with E-state index in [0.717, 1.165) is 65.9 Å². The first-order valence-electron chi connectivity index (χ1n) is 19.3. The summed E-state index contributed by atoms with van der Waals surface area (Å²) >= 11 is 0. The summed E-state index contributed by atoms with van der Waals surface area (Å²) in [6, 6.07) is 16.3. The van der Waals surface area contributed by atoms with Gasteiger partial charge in [0.1, 0.15) is 11.1 Å². The number of fused-ring (bicyclic) bond motifs is 3. The third kappa shape index (κ3) is 5.95. The first kappa shape index (κ1) is 33.7. The molecule has 2 aromatic carbocycles. The molecular weight excluding hydrogens is 697 g/mol. The van der Waals surface area contributed by atoms with E-state index in [-0.39, 0.29) is 17.8 Å². The maximum absolute atomic E-state index is 13.4. The molecule has 0 bridgehead atoms. The highest BCUT2D eigenvalue weighted by molar-refractivity contribution is 6.09. The molecule has 2 saturated carbocycles. The number of nitrogens with zero attached hydrogens (tertiary/aromatic N) is 8. The summed E-state index contributed by atoms with van der Waals surface area (Å²) < 4.78 is 11.5. The Morgan fingerprint density at radius 1 is 1.05 bits per heavy atom. The van der Waals surface area contributed by atoms with Gasteiger partial charge in [-0.15, -0.1) is 0 Å². The van der Waals surface area contributed by atoms with Gasteiger partial charge < -0.3 is 14.6 Å². The fourth-order valence-corrected chi connectivity index (χ4v) is 9.55. The minimum atomic E-state index is -0.345. The van der Waals surface area contributed by atoms with Gasteiger partial charge >= 0.3 is 6.03 Å². The van der Waals surface area contributed by atoms with Gasteiger partial charge in [0.2, 0.25) is 12.1 Å². The van der Waals surface area contributed by atoms with Gasteiger partial charge in [-0.2, -0.15) is 9.61 Å². The second-order valence-electron chi connectivity index (χ2n) is 15.6.